The summed E-state index contributed by atoms with van der Waals surface area (Å²) in [4.78, 5) is 15.1. The molecule has 2 fully saturated rings. The Morgan fingerprint density at radius 3 is 2.83 bits per heavy atom. The van der Waals surface area contributed by atoms with Gasteiger partial charge in [-0.15, -0.1) is 0 Å². The van der Waals surface area contributed by atoms with Crippen LogP contribution in [0.15, 0.2) is 24.3 Å². The average Bonchev–Trinajstić information content (AvgIpc) is 3.17. The molecule has 1 aromatic carbocycles. The quantitative estimate of drug-likeness (QED) is 0.689. The molecular weight excluding hydrogens is 390 g/mol. The minimum atomic E-state index is -3.36. The largest absolute Gasteiger partial charge is 0.376 e. The first-order valence-corrected chi connectivity index (χ1v) is 12.2. The fraction of sp³-hybridized carbons (Fsp3) is 0.667. The van der Waals surface area contributed by atoms with Gasteiger partial charge < -0.3 is 10.1 Å². The summed E-state index contributed by atoms with van der Waals surface area (Å²) in [5.74, 6) is -0.103. The number of hydrogen-bond acceptors (Lipinski definition) is 5. The van der Waals surface area contributed by atoms with Gasteiger partial charge in [0, 0.05) is 32.7 Å². The summed E-state index contributed by atoms with van der Waals surface area (Å²) < 4.78 is 31.8. The van der Waals surface area contributed by atoms with Crippen LogP contribution in [0, 0.1) is 0 Å². The Morgan fingerprint density at radius 2 is 2.07 bits per heavy atom. The number of carbonyl (C=O) groups excluding carboxylic acids is 1. The van der Waals surface area contributed by atoms with Crippen LogP contribution in [0.25, 0.3) is 0 Å². The molecule has 1 aromatic rings. The molecule has 8 heteroatoms. The molecule has 2 aliphatic heterocycles. The maximum Gasteiger partial charge on any atom is 0.238 e. The highest BCUT2D eigenvalue weighted by molar-refractivity contribution is 7.89. The minimum absolute atomic E-state index is 0.0962. The van der Waals surface area contributed by atoms with E-state index >= 15 is 0 Å². The average molecular weight is 424 g/mol. The highest BCUT2D eigenvalue weighted by atomic mass is 32.2. The molecule has 7 nitrogen and oxygen atoms in total. The third-order valence-electron chi connectivity index (χ3n) is 5.52. The van der Waals surface area contributed by atoms with E-state index in [-0.39, 0.29) is 17.8 Å². The van der Waals surface area contributed by atoms with Gasteiger partial charge in [0.1, 0.15) is 6.04 Å². The van der Waals surface area contributed by atoms with Crippen LogP contribution < -0.4 is 5.32 Å². The zero-order valence-corrected chi connectivity index (χ0v) is 18.3. The van der Waals surface area contributed by atoms with Gasteiger partial charge in [-0.05, 0) is 37.3 Å². The fourth-order valence-corrected chi connectivity index (χ4v) is 5.89. The number of nitrogens with one attached hydrogen (secondary N) is 1. The molecule has 1 N–H and O–H groups in total. The summed E-state index contributed by atoms with van der Waals surface area (Å²) in [7, 11) is -3.36. The lowest BCUT2D eigenvalue weighted by atomic mass is 10.1. The third-order valence-corrected chi connectivity index (χ3v) is 7.59. The van der Waals surface area contributed by atoms with Crippen molar-refractivity contribution in [3.05, 3.63) is 35.4 Å². The summed E-state index contributed by atoms with van der Waals surface area (Å²) in [5.41, 5.74) is 2.23. The lowest BCUT2D eigenvalue weighted by Crippen LogP contribution is -2.46. The molecular formula is C21H33N3O4S. The molecule has 2 aliphatic rings. The Bertz CT molecular complexity index is 799. The van der Waals surface area contributed by atoms with Crippen molar-refractivity contribution in [2.45, 2.75) is 58.3 Å². The van der Waals surface area contributed by atoms with Gasteiger partial charge in [-0.2, -0.15) is 4.31 Å². The van der Waals surface area contributed by atoms with Gasteiger partial charge in [-0.3, -0.25) is 9.69 Å². The smallest absolute Gasteiger partial charge is 0.238 e. The van der Waals surface area contributed by atoms with E-state index in [2.05, 4.69) is 29.3 Å². The van der Waals surface area contributed by atoms with Crippen LogP contribution in [0.4, 0.5) is 0 Å². The molecule has 0 spiro atoms. The maximum absolute atomic E-state index is 12.7. The van der Waals surface area contributed by atoms with E-state index in [9.17, 15) is 13.2 Å². The van der Waals surface area contributed by atoms with E-state index in [1.54, 1.807) is 0 Å². The molecule has 0 bridgehead atoms. The van der Waals surface area contributed by atoms with Crippen molar-refractivity contribution in [1.82, 2.24) is 14.5 Å². The highest BCUT2D eigenvalue weighted by Gasteiger charge is 2.37. The summed E-state index contributed by atoms with van der Waals surface area (Å²) in [6.07, 6.45) is 2.13. The molecule has 0 saturated carbocycles. The van der Waals surface area contributed by atoms with Gasteiger partial charge in [0.15, 0.2) is 0 Å². The van der Waals surface area contributed by atoms with Crippen LogP contribution in [0.5, 0.6) is 0 Å². The molecule has 2 heterocycles. The van der Waals surface area contributed by atoms with Gasteiger partial charge in [0.2, 0.25) is 15.9 Å². The first-order valence-electron chi connectivity index (χ1n) is 10.6. The number of morpholine rings is 1. The standard InChI is InChI=1S/C21H33N3O4S/c1-3-12-29(26,27)24-9-5-8-20(24)21(25)22-14-18-6-4-7-19(13-18)16-23-10-11-28-17(2)15-23/h4,6-7,13,17,20H,3,5,8-12,14-16H2,1-2H3,(H,22,25). The van der Waals surface area contributed by atoms with Crippen molar-refractivity contribution in [1.29, 1.82) is 0 Å². The second kappa shape index (κ2) is 10.0. The molecule has 0 radical (unpaired) electrons. The van der Waals surface area contributed by atoms with E-state index in [4.69, 9.17) is 4.74 Å². The predicted molar refractivity (Wildman–Crippen MR) is 113 cm³/mol. The Hall–Kier alpha value is -1.48. The fourth-order valence-electron chi connectivity index (χ4n) is 4.15. The van der Waals surface area contributed by atoms with Gasteiger partial charge in [0.05, 0.1) is 18.5 Å². The SMILES string of the molecule is CCCS(=O)(=O)N1CCCC1C(=O)NCc1cccc(CN2CCOC(C)C2)c1. The van der Waals surface area contributed by atoms with E-state index < -0.39 is 16.1 Å². The zero-order valence-electron chi connectivity index (χ0n) is 17.5. The van der Waals surface area contributed by atoms with Crippen molar-refractivity contribution in [2.75, 3.05) is 32.0 Å². The molecule has 162 valence electrons. The molecule has 2 atom stereocenters. The topological polar surface area (TPSA) is 79.0 Å². The number of hydrogen-bond donors (Lipinski definition) is 1. The number of rotatable bonds is 8. The highest BCUT2D eigenvalue weighted by Crippen LogP contribution is 2.22. The second-order valence-corrected chi connectivity index (χ2v) is 10.1. The van der Waals surface area contributed by atoms with Gasteiger partial charge >= 0.3 is 0 Å². The summed E-state index contributed by atoms with van der Waals surface area (Å²) >= 11 is 0. The summed E-state index contributed by atoms with van der Waals surface area (Å²) in [5, 5.41) is 2.94. The van der Waals surface area contributed by atoms with E-state index in [0.717, 1.165) is 38.2 Å². The van der Waals surface area contributed by atoms with Crippen molar-refractivity contribution < 1.29 is 17.9 Å². The van der Waals surface area contributed by atoms with Crippen LogP contribution in [0.2, 0.25) is 0 Å². The van der Waals surface area contributed by atoms with Gasteiger partial charge in [-0.25, -0.2) is 8.42 Å². The van der Waals surface area contributed by atoms with Crippen molar-refractivity contribution in [3.63, 3.8) is 0 Å². The van der Waals surface area contributed by atoms with Crippen LogP contribution in [0.1, 0.15) is 44.2 Å². The normalized spacial score (nSPS) is 23.9. The maximum atomic E-state index is 12.7. The summed E-state index contributed by atoms with van der Waals surface area (Å²) in [6.45, 7) is 8.24. The van der Waals surface area contributed by atoms with Crippen molar-refractivity contribution >= 4 is 15.9 Å². The molecule has 2 unspecified atom stereocenters. The molecule has 0 aliphatic carbocycles. The summed E-state index contributed by atoms with van der Waals surface area (Å²) in [6, 6.07) is 7.63. The molecule has 2 saturated heterocycles. The minimum Gasteiger partial charge on any atom is -0.376 e. The predicted octanol–water partition coefficient (Wildman–Crippen LogP) is 1.73. The van der Waals surface area contributed by atoms with E-state index in [1.807, 2.05) is 19.1 Å². The van der Waals surface area contributed by atoms with Crippen LogP contribution in [-0.4, -0.2) is 67.7 Å². The lowest BCUT2D eigenvalue weighted by molar-refractivity contribution is -0.124. The lowest BCUT2D eigenvalue weighted by Gasteiger charge is -2.31. The molecule has 3 rings (SSSR count). The van der Waals surface area contributed by atoms with E-state index in [0.29, 0.717) is 25.9 Å². The van der Waals surface area contributed by atoms with Gasteiger partial charge in [-0.1, -0.05) is 31.2 Å². The van der Waals surface area contributed by atoms with Gasteiger partial charge in [0.25, 0.3) is 0 Å². The number of carbonyl (C=O) groups is 1. The molecule has 29 heavy (non-hydrogen) atoms. The Labute approximate surface area is 174 Å². The van der Waals surface area contributed by atoms with Crippen molar-refractivity contribution in [2.24, 2.45) is 0 Å². The number of nitrogens with zero attached hydrogens (tertiary/aromatic N) is 2. The Kier molecular flexibility index (Phi) is 7.67. The van der Waals surface area contributed by atoms with Crippen LogP contribution in [-0.2, 0) is 32.6 Å². The first kappa shape index (κ1) is 22.2. The Balaban J connectivity index is 1.56. The number of ether oxygens (including phenoxy) is 1. The molecule has 0 aromatic heterocycles. The third kappa shape index (κ3) is 6.01. The first-order chi connectivity index (χ1) is 13.9. The van der Waals surface area contributed by atoms with Crippen LogP contribution >= 0.6 is 0 Å². The second-order valence-electron chi connectivity index (χ2n) is 8.04. The molecule has 1 amide bonds. The van der Waals surface area contributed by atoms with Crippen LogP contribution in [0.3, 0.4) is 0 Å². The monoisotopic (exact) mass is 423 g/mol. The number of amides is 1. The number of sulfonamides is 1. The van der Waals surface area contributed by atoms with E-state index in [1.165, 1.54) is 9.87 Å². The Morgan fingerprint density at radius 1 is 1.28 bits per heavy atom. The number of benzene rings is 1. The van der Waals surface area contributed by atoms with Crippen molar-refractivity contribution in [3.8, 4) is 0 Å². The zero-order chi connectivity index (χ0) is 20.9.